The Morgan fingerprint density at radius 3 is 2.65 bits per heavy atom. The highest BCUT2D eigenvalue weighted by Crippen LogP contribution is 2.16. The van der Waals surface area contributed by atoms with Crippen LogP contribution in [0.5, 0.6) is 0 Å². The molecule has 0 spiro atoms. The molecule has 114 valence electrons. The van der Waals surface area contributed by atoms with E-state index in [0.717, 1.165) is 0 Å². The van der Waals surface area contributed by atoms with E-state index in [-0.39, 0.29) is 11.2 Å². The van der Waals surface area contributed by atoms with Crippen LogP contribution in [0.3, 0.4) is 0 Å². The largest absolute Gasteiger partial charge is 0.480 e. The zero-order valence-electron chi connectivity index (χ0n) is 11.4. The number of rotatable bonds is 8. The lowest BCUT2D eigenvalue weighted by atomic mass is 10.2. The van der Waals surface area contributed by atoms with E-state index in [1.54, 1.807) is 4.90 Å². The highest BCUT2D eigenvalue weighted by Gasteiger charge is 2.23. The van der Waals surface area contributed by atoms with E-state index in [0.29, 0.717) is 44.9 Å². The number of nitrogens with zero attached hydrogens (tertiary/aromatic N) is 1. The number of hydrogen-bond acceptors (Lipinski definition) is 5. The van der Waals surface area contributed by atoms with Crippen LogP contribution in [0.1, 0.15) is 13.3 Å². The lowest BCUT2D eigenvalue weighted by Gasteiger charge is -2.29. The third-order valence-corrected chi connectivity index (χ3v) is 4.19. The van der Waals surface area contributed by atoms with Crippen molar-refractivity contribution in [1.82, 2.24) is 10.2 Å². The zero-order valence-corrected chi connectivity index (χ0v) is 12.2. The smallest absolute Gasteiger partial charge is 0.326 e. The Kier molecular flexibility index (Phi) is 7.38. The van der Waals surface area contributed by atoms with E-state index in [1.165, 1.54) is 11.8 Å². The molecule has 2 unspecified atom stereocenters. The van der Waals surface area contributed by atoms with Crippen molar-refractivity contribution in [3.8, 4) is 0 Å². The molecule has 0 aliphatic carbocycles. The molecule has 1 heterocycles. The third-order valence-electron chi connectivity index (χ3n) is 3.01. The number of carbonyl (C=O) groups is 3. The van der Waals surface area contributed by atoms with Crippen molar-refractivity contribution in [2.24, 2.45) is 0 Å². The van der Waals surface area contributed by atoms with E-state index in [9.17, 15) is 14.4 Å². The van der Waals surface area contributed by atoms with Gasteiger partial charge in [-0.25, -0.2) is 4.79 Å². The third kappa shape index (κ3) is 5.38. The second-order valence-corrected chi connectivity index (χ2v) is 5.86. The molecule has 1 aliphatic rings. The fourth-order valence-corrected chi connectivity index (χ4v) is 2.85. The van der Waals surface area contributed by atoms with E-state index in [1.807, 2.05) is 6.92 Å². The maximum Gasteiger partial charge on any atom is 0.326 e. The first-order valence-electron chi connectivity index (χ1n) is 6.47. The first-order valence-corrected chi connectivity index (χ1v) is 7.51. The van der Waals surface area contributed by atoms with Crippen LogP contribution in [0.4, 0.5) is 0 Å². The average molecular weight is 304 g/mol. The number of thioether (sulfide) groups is 1. The summed E-state index contributed by atoms with van der Waals surface area (Å²) in [6, 6.07) is -0.898. The van der Waals surface area contributed by atoms with Gasteiger partial charge in [-0.1, -0.05) is 0 Å². The number of amides is 2. The van der Waals surface area contributed by atoms with Crippen molar-refractivity contribution in [1.29, 1.82) is 0 Å². The molecule has 1 rings (SSSR count). The van der Waals surface area contributed by atoms with Crippen LogP contribution < -0.4 is 5.32 Å². The molecule has 0 aromatic heterocycles. The Balaban J connectivity index is 2.30. The molecule has 2 atom stereocenters. The van der Waals surface area contributed by atoms with Gasteiger partial charge in [-0.15, -0.1) is 11.8 Å². The first kappa shape index (κ1) is 16.8. The van der Waals surface area contributed by atoms with Crippen molar-refractivity contribution in [2.45, 2.75) is 24.6 Å². The van der Waals surface area contributed by atoms with Crippen LogP contribution in [0.15, 0.2) is 0 Å². The second kappa shape index (κ2) is 8.80. The van der Waals surface area contributed by atoms with Crippen LogP contribution in [-0.2, 0) is 19.1 Å². The second-order valence-electron chi connectivity index (χ2n) is 4.41. The molecular weight excluding hydrogens is 284 g/mol. The topological polar surface area (TPSA) is 95.9 Å². The molecule has 0 radical (unpaired) electrons. The molecule has 20 heavy (non-hydrogen) atoms. The number of hydrogen-bond donors (Lipinski definition) is 2. The highest BCUT2D eigenvalue weighted by atomic mass is 32.2. The van der Waals surface area contributed by atoms with Gasteiger partial charge in [0.05, 0.1) is 18.5 Å². The molecule has 8 heteroatoms. The van der Waals surface area contributed by atoms with Crippen molar-refractivity contribution < 1.29 is 24.2 Å². The summed E-state index contributed by atoms with van der Waals surface area (Å²) in [4.78, 5) is 35.0. The number of morpholine rings is 1. The lowest BCUT2D eigenvalue weighted by Crippen LogP contribution is -2.44. The monoisotopic (exact) mass is 304 g/mol. The van der Waals surface area contributed by atoms with Gasteiger partial charge in [-0.05, 0) is 19.1 Å². The van der Waals surface area contributed by atoms with Gasteiger partial charge in [0.2, 0.25) is 12.3 Å². The standard InChI is InChI=1S/C12H20N2O5S/c1-9(11(16)14-3-5-19-6-4-14)20-7-2-10(12(17)18)13-8-15/h8-10H,2-7H2,1H3,(H,13,15)(H,17,18). The van der Waals surface area contributed by atoms with Gasteiger partial charge < -0.3 is 20.1 Å². The minimum absolute atomic E-state index is 0.0496. The van der Waals surface area contributed by atoms with Crippen LogP contribution in [0.2, 0.25) is 0 Å². The van der Waals surface area contributed by atoms with Gasteiger partial charge >= 0.3 is 5.97 Å². The number of carboxylic acids is 1. The molecule has 0 saturated carbocycles. The van der Waals surface area contributed by atoms with E-state index in [4.69, 9.17) is 9.84 Å². The average Bonchev–Trinajstić information content (AvgIpc) is 2.46. The fraction of sp³-hybridized carbons (Fsp3) is 0.750. The molecule has 0 aromatic rings. The van der Waals surface area contributed by atoms with Gasteiger partial charge in [0.1, 0.15) is 6.04 Å². The summed E-state index contributed by atoms with van der Waals surface area (Å²) in [5.41, 5.74) is 0. The summed E-state index contributed by atoms with van der Waals surface area (Å²) < 4.78 is 5.19. The normalized spacial score (nSPS) is 18.1. The summed E-state index contributed by atoms with van der Waals surface area (Å²) in [5.74, 6) is -0.520. The van der Waals surface area contributed by atoms with Gasteiger partial charge in [-0.3, -0.25) is 9.59 Å². The predicted molar refractivity (Wildman–Crippen MR) is 74.6 cm³/mol. The highest BCUT2D eigenvalue weighted by molar-refractivity contribution is 8.00. The molecule has 7 nitrogen and oxygen atoms in total. The molecule has 1 fully saturated rings. The Morgan fingerprint density at radius 1 is 1.45 bits per heavy atom. The minimum Gasteiger partial charge on any atom is -0.480 e. The lowest BCUT2D eigenvalue weighted by molar-refractivity contribution is -0.140. The molecule has 2 amide bonds. The van der Waals surface area contributed by atoms with Crippen molar-refractivity contribution >= 4 is 30.0 Å². The minimum atomic E-state index is -1.06. The summed E-state index contributed by atoms with van der Waals surface area (Å²) in [5, 5.41) is 10.9. The SMILES string of the molecule is CC(SCCC(NC=O)C(=O)O)C(=O)N1CCOCC1. The maximum atomic E-state index is 12.1. The maximum absolute atomic E-state index is 12.1. The molecule has 1 aliphatic heterocycles. The van der Waals surface area contributed by atoms with E-state index in [2.05, 4.69) is 5.32 Å². The zero-order chi connectivity index (χ0) is 15.0. The van der Waals surface area contributed by atoms with Crippen LogP contribution in [0, 0.1) is 0 Å². The summed E-state index contributed by atoms with van der Waals surface area (Å²) in [6.07, 6.45) is 0.672. The van der Waals surface area contributed by atoms with Gasteiger partial charge in [0.15, 0.2) is 0 Å². The van der Waals surface area contributed by atoms with E-state index >= 15 is 0 Å². The van der Waals surface area contributed by atoms with E-state index < -0.39 is 12.0 Å². The molecule has 1 saturated heterocycles. The van der Waals surface area contributed by atoms with Gasteiger partial charge in [-0.2, -0.15) is 0 Å². The Bertz CT molecular complexity index is 347. The van der Waals surface area contributed by atoms with Crippen molar-refractivity contribution in [3.63, 3.8) is 0 Å². The predicted octanol–water partition coefficient (Wildman–Crippen LogP) is -0.444. The Labute approximate surface area is 122 Å². The molecule has 0 bridgehead atoms. The quantitative estimate of drug-likeness (QED) is 0.590. The Morgan fingerprint density at radius 2 is 2.10 bits per heavy atom. The fourth-order valence-electron chi connectivity index (χ4n) is 1.84. The van der Waals surface area contributed by atoms with Gasteiger partial charge in [0, 0.05) is 13.1 Å². The first-order chi connectivity index (χ1) is 9.56. The van der Waals surface area contributed by atoms with Crippen LogP contribution in [-0.4, -0.2) is 71.6 Å². The van der Waals surface area contributed by atoms with Crippen LogP contribution >= 0.6 is 11.8 Å². The summed E-state index contributed by atoms with van der Waals surface area (Å²) >= 11 is 1.40. The molecule has 0 aromatic carbocycles. The number of nitrogens with one attached hydrogen (secondary N) is 1. The Hall–Kier alpha value is -1.28. The number of carboxylic acid groups (broad SMARTS) is 1. The number of aliphatic carboxylic acids is 1. The summed E-state index contributed by atoms with van der Waals surface area (Å²) in [7, 11) is 0. The number of ether oxygens (including phenoxy) is 1. The molecule has 2 N–H and O–H groups in total. The summed E-state index contributed by atoms with van der Waals surface area (Å²) in [6.45, 7) is 4.15. The van der Waals surface area contributed by atoms with Crippen LogP contribution in [0.25, 0.3) is 0 Å². The van der Waals surface area contributed by atoms with Gasteiger partial charge in [0.25, 0.3) is 0 Å². The van der Waals surface area contributed by atoms with Crippen molar-refractivity contribution in [3.05, 3.63) is 0 Å². The molecular formula is C12H20N2O5S. The number of carbonyl (C=O) groups excluding carboxylic acids is 2. The van der Waals surface area contributed by atoms with Crippen molar-refractivity contribution in [2.75, 3.05) is 32.1 Å².